The van der Waals surface area contributed by atoms with Crippen molar-refractivity contribution < 1.29 is 8.42 Å². The summed E-state index contributed by atoms with van der Waals surface area (Å²) in [5.41, 5.74) is 1.25. The smallest absolute Gasteiger partial charge is 0.191 e. The number of halogens is 1. The maximum absolute atomic E-state index is 11.2. The molecule has 0 saturated heterocycles. The van der Waals surface area contributed by atoms with Gasteiger partial charge < -0.3 is 10.6 Å². The van der Waals surface area contributed by atoms with E-state index in [-0.39, 0.29) is 11.8 Å². The van der Waals surface area contributed by atoms with Crippen LogP contribution in [0.1, 0.15) is 25.3 Å². The zero-order chi connectivity index (χ0) is 17.3. The highest BCUT2D eigenvalue weighted by atomic mass is 35.5. The van der Waals surface area contributed by atoms with E-state index in [1.165, 1.54) is 11.8 Å². The summed E-state index contributed by atoms with van der Waals surface area (Å²) in [6, 6.07) is 7.90. The molecule has 1 rings (SSSR count). The van der Waals surface area contributed by atoms with Crippen molar-refractivity contribution in [3.63, 3.8) is 0 Å². The molecule has 0 aliphatic rings. The lowest BCUT2D eigenvalue weighted by Gasteiger charge is -2.17. The summed E-state index contributed by atoms with van der Waals surface area (Å²) < 4.78 is 22.4. The Kier molecular flexibility index (Phi) is 8.41. The first kappa shape index (κ1) is 19.8. The number of nitrogens with zero attached hydrogens (tertiary/aromatic N) is 1. The Morgan fingerprint density at radius 1 is 1.30 bits per heavy atom. The highest BCUT2D eigenvalue weighted by Gasteiger charge is 2.09. The summed E-state index contributed by atoms with van der Waals surface area (Å²) in [6.45, 7) is 2.74. The molecule has 0 saturated carbocycles. The van der Waals surface area contributed by atoms with E-state index in [9.17, 15) is 8.42 Å². The van der Waals surface area contributed by atoms with Crippen LogP contribution in [0.3, 0.4) is 0 Å². The van der Waals surface area contributed by atoms with E-state index in [2.05, 4.69) is 15.6 Å². The van der Waals surface area contributed by atoms with Crippen LogP contribution in [-0.2, 0) is 16.3 Å². The standard InChI is InChI=1S/C16H26ClN3O2S/c1-13(10-12-23(3,21)22)20-16(18-2)19-11-4-5-14-6-8-15(17)9-7-14/h6-9,13H,4-5,10-12H2,1-3H3,(H2,18,19,20). The molecule has 1 aromatic carbocycles. The van der Waals surface area contributed by atoms with Crippen LogP contribution >= 0.6 is 11.6 Å². The van der Waals surface area contributed by atoms with Crippen molar-refractivity contribution in [3.8, 4) is 0 Å². The molecule has 0 spiro atoms. The first-order chi connectivity index (χ1) is 10.8. The van der Waals surface area contributed by atoms with E-state index in [1.54, 1.807) is 7.05 Å². The quantitative estimate of drug-likeness (QED) is 0.424. The maximum atomic E-state index is 11.2. The lowest BCUT2D eigenvalue weighted by molar-refractivity contribution is 0.580. The van der Waals surface area contributed by atoms with Crippen molar-refractivity contribution in [2.45, 2.75) is 32.2 Å². The van der Waals surface area contributed by atoms with Gasteiger partial charge in [-0.2, -0.15) is 0 Å². The molecule has 0 aliphatic carbocycles. The van der Waals surface area contributed by atoms with Crippen molar-refractivity contribution >= 4 is 27.4 Å². The Labute approximate surface area is 144 Å². The normalized spacial score (nSPS) is 13.7. The van der Waals surface area contributed by atoms with E-state index >= 15 is 0 Å². The molecule has 0 aliphatic heterocycles. The second kappa shape index (κ2) is 9.78. The molecule has 1 aromatic rings. The third-order valence-electron chi connectivity index (χ3n) is 3.38. The molecule has 0 radical (unpaired) electrons. The van der Waals surface area contributed by atoms with Crippen molar-refractivity contribution in [1.29, 1.82) is 0 Å². The van der Waals surface area contributed by atoms with E-state index in [0.29, 0.717) is 12.4 Å². The molecular formula is C16H26ClN3O2S. The van der Waals surface area contributed by atoms with Crippen LogP contribution in [0.4, 0.5) is 0 Å². The molecule has 0 heterocycles. The number of aryl methyl sites for hydroxylation is 1. The van der Waals surface area contributed by atoms with Crippen molar-refractivity contribution in [2.24, 2.45) is 4.99 Å². The van der Waals surface area contributed by atoms with Crippen LogP contribution in [0.5, 0.6) is 0 Å². The SMILES string of the molecule is CN=C(NCCCc1ccc(Cl)cc1)NC(C)CCS(C)(=O)=O. The highest BCUT2D eigenvalue weighted by Crippen LogP contribution is 2.10. The van der Waals surface area contributed by atoms with Crippen LogP contribution < -0.4 is 10.6 Å². The Bertz CT molecular complexity index is 600. The lowest BCUT2D eigenvalue weighted by Crippen LogP contribution is -2.43. The topological polar surface area (TPSA) is 70.6 Å². The van der Waals surface area contributed by atoms with Gasteiger partial charge in [0.05, 0.1) is 5.75 Å². The summed E-state index contributed by atoms with van der Waals surface area (Å²) >= 11 is 5.86. The number of sulfone groups is 1. The van der Waals surface area contributed by atoms with Gasteiger partial charge in [-0.3, -0.25) is 4.99 Å². The minimum atomic E-state index is -2.93. The molecule has 5 nitrogen and oxygen atoms in total. The van der Waals surface area contributed by atoms with Crippen LogP contribution in [0.15, 0.2) is 29.3 Å². The van der Waals surface area contributed by atoms with E-state index in [4.69, 9.17) is 11.6 Å². The molecule has 0 amide bonds. The zero-order valence-electron chi connectivity index (χ0n) is 14.0. The van der Waals surface area contributed by atoms with Gasteiger partial charge in [0, 0.05) is 30.9 Å². The Morgan fingerprint density at radius 2 is 1.96 bits per heavy atom. The predicted molar refractivity (Wildman–Crippen MR) is 98.1 cm³/mol. The van der Waals surface area contributed by atoms with Crippen molar-refractivity contribution in [2.75, 3.05) is 25.6 Å². The molecule has 0 aromatic heterocycles. The van der Waals surface area contributed by atoms with Gasteiger partial charge in [0.25, 0.3) is 0 Å². The molecule has 0 bridgehead atoms. The molecule has 23 heavy (non-hydrogen) atoms. The number of rotatable bonds is 8. The molecular weight excluding hydrogens is 334 g/mol. The van der Waals surface area contributed by atoms with Gasteiger partial charge >= 0.3 is 0 Å². The maximum Gasteiger partial charge on any atom is 0.191 e. The monoisotopic (exact) mass is 359 g/mol. The average Bonchev–Trinajstić information content (AvgIpc) is 2.49. The van der Waals surface area contributed by atoms with Gasteiger partial charge in [0.1, 0.15) is 9.84 Å². The van der Waals surface area contributed by atoms with Gasteiger partial charge in [-0.15, -0.1) is 0 Å². The number of benzene rings is 1. The molecule has 7 heteroatoms. The van der Waals surface area contributed by atoms with E-state index in [1.807, 2.05) is 31.2 Å². The minimum absolute atomic E-state index is 0.0483. The molecule has 1 unspecified atom stereocenters. The minimum Gasteiger partial charge on any atom is -0.356 e. The fourth-order valence-electron chi connectivity index (χ4n) is 2.04. The fourth-order valence-corrected chi connectivity index (χ4v) is 2.95. The molecule has 1 atom stereocenters. The number of nitrogens with one attached hydrogen (secondary N) is 2. The second-order valence-corrected chi connectivity index (χ2v) is 8.39. The van der Waals surface area contributed by atoms with Gasteiger partial charge in [0.2, 0.25) is 0 Å². The molecule has 0 fully saturated rings. The predicted octanol–water partition coefficient (Wildman–Crippen LogP) is 2.26. The highest BCUT2D eigenvalue weighted by molar-refractivity contribution is 7.90. The summed E-state index contributed by atoms with van der Waals surface area (Å²) in [6.07, 6.45) is 3.75. The van der Waals surface area contributed by atoms with Gasteiger partial charge in [-0.1, -0.05) is 23.7 Å². The number of aliphatic imine (C=N–C) groups is 1. The fraction of sp³-hybridized carbons (Fsp3) is 0.562. The first-order valence-corrected chi connectivity index (χ1v) is 10.1. The van der Waals surface area contributed by atoms with Crippen LogP contribution in [0.25, 0.3) is 0 Å². The largest absolute Gasteiger partial charge is 0.356 e. The van der Waals surface area contributed by atoms with Gasteiger partial charge in [-0.25, -0.2) is 8.42 Å². The van der Waals surface area contributed by atoms with Crippen LogP contribution in [0, 0.1) is 0 Å². The summed E-state index contributed by atoms with van der Waals surface area (Å²) in [5.74, 6) is 0.872. The number of hydrogen-bond donors (Lipinski definition) is 2. The summed E-state index contributed by atoms with van der Waals surface area (Å²) in [5, 5.41) is 7.19. The third-order valence-corrected chi connectivity index (χ3v) is 4.61. The summed E-state index contributed by atoms with van der Waals surface area (Å²) in [7, 11) is -1.22. The first-order valence-electron chi connectivity index (χ1n) is 7.69. The Hall–Kier alpha value is -1.27. The zero-order valence-corrected chi connectivity index (χ0v) is 15.5. The third kappa shape index (κ3) is 9.46. The van der Waals surface area contributed by atoms with Crippen molar-refractivity contribution in [3.05, 3.63) is 34.9 Å². The lowest BCUT2D eigenvalue weighted by atomic mass is 10.1. The Morgan fingerprint density at radius 3 is 2.52 bits per heavy atom. The van der Waals surface area contributed by atoms with Crippen molar-refractivity contribution in [1.82, 2.24) is 10.6 Å². The van der Waals surface area contributed by atoms with Gasteiger partial charge in [0.15, 0.2) is 5.96 Å². The average molecular weight is 360 g/mol. The number of hydrogen-bond acceptors (Lipinski definition) is 3. The Balaban J connectivity index is 2.27. The van der Waals surface area contributed by atoms with Gasteiger partial charge in [-0.05, 0) is 43.9 Å². The molecule has 130 valence electrons. The van der Waals surface area contributed by atoms with Crippen LogP contribution in [0.2, 0.25) is 5.02 Å². The molecule has 2 N–H and O–H groups in total. The second-order valence-electron chi connectivity index (χ2n) is 5.69. The van der Waals surface area contributed by atoms with E-state index < -0.39 is 9.84 Å². The number of guanidine groups is 1. The summed E-state index contributed by atoms with van der Waals surface area (Å²) in [4.78, 5) is 4.16. The van der Waals surface area contributed by atoms with E-state index in [0.717, 1.165) is 24.4 Å². The van der Waals surface area contributed by atoms with Crippen LogP contribution in [-0.4, -0.2) is 46.0 Å².